The number of benzene rings is 1. The molecule has 168 valence electrons. The summed E-state index contributed by atoms with van der Waals surface area (Å²) in [7, 11) is 0. The third-order valence-corrected chi connectivity index (χ3v) is 5.95. The van der Waals surface area contributed by atoms with Crippen molar-refractivity contribution < 1.29 is 9.21 Å². The molecule has 1 aromatic carbocycles. The number of pyridine rings is 1. The van der Waals surface area contributed by atoms with Crippen molar-refractivity contribution in [1.29, 1.82) is 0 Å². The van der Waals surface area contributed by atoms with Crippen LogP contribution in [-0.4, -0.2) is 50.2 Å². The molecular formula is C25H26N6O2. The van der Waals surface area contributed by atoms with Crippen molar-refractivity contribution in [2.24, 2.45) is 0 Å². The lowest BCUT2D eigenvalue weighted by molar-refractivity contribution is 0.0953. The van der Waals surface area contributed by atoms with Crippen LogP contribution in [0.15, 0.2) is 71.6 Å². The zero-order valence-corrected chi connectivity index (χ0v) is 18.4. The van der Waals surface area contributed by atoms with Gasteiger partial charge in [0.2, 0.25) is 0 Å². The van der Waals surface area contributed by atoms with Gasteiger partial charge in [0.05, 0.1) is 11.8 Å². The molecule has 8 heteroatoms. The van der Waals surface area contributed by atoms with Gasteiger partial charge in [-0.25, -0.2) is 0 Å². The monoisotopic (exact) mass is 442 g/mol. The first-order valence-corrected chi connectivity index (χ1v) is 11.2. The van der Waals surface area contributed by atoms with Gasteiger partial charge in [-0.05, 0) is 29.8 Å². The maximum atomic E-state index is 12.2. The standard InChI is InChI=1S/C25H26N6O2/c32-25(19-6-3-11-26-17-19)27-12-9-23-28-29-24-10-13-30(14-15-31(23)24)18-20-5-1-2-7-21(20)22-8-4-16-33-22/h1-8,11,16-17H,9-10,12-15,18H2,(H,27,32). The van der Waals surface area contributed by atoms with Crippen molar-refractivity contribution in [3.05, 3.63) is 90.0 Å². The minimum atomic E-state index is -0.125. The molecule has 1 aliphatic heterocycles. The predicted octanol–water partition coefficient (Wildman–Crippen LogP) is 2.96. The quantitative estimate of drug-likeness (QED) is 0.473. The van der Waals surface area contributed by atoms with Gasteiger partial charge in [-0.15, -0.1) is 10.2 Å². The van der Waals surface area contributed by atoms with Gasteiger partial charge in [-0.2, -0.15) is 0 Å². The van der Waals surface area contributed by atoms with E-state index >= 15 is 0 Å². The molecule has 3 aromatic heterocycles. The molecule has 33 heavy (non-hydrogen) atoms. The second-order valence-corrected chi connectivity index (χ2v) is 8.09. The summed E-state index contributed by atoms with van der Waals surface area (Å²) in [6.07, 6.45) is 6.42. The fourth-order valence-electron chi connectivity index (χ4n) is 4.23. The molecule has 0 bridgehead atoms. The van der Waals surface area contributed by atoms with Crippen LogP contribution in [0.2, 0.25) is 0 Å². The third-order valence-electron chi connectivity index (χ3n) is 5.95. The van der Waals surface area contributed by atoms with Crippen LogP contribution < -0.4 is 5.32 Å². The Morgan fingerprint density at radius 2 is 1.97 bits per heavy atom. The van der Waals surface area contributed by atoms with Crippen LogP contribution in [0.4, 0.5) is 0 Å². The number of hydrogen-bond donors (Lipinski definition) is 1. The largest absolute Gasteiger partial charge is 0.464 e. The Kier molecular flexibility index (Phi) is 6.25. The fraction of sp³-hybridized carbons (Fsp3) is 0.280. The van der Waals surface area contributed by atoms with Gasteiger partial charge in [0.25, 0.3) is 5.91 Å². The molecule has 1 aliphatic rings. The summed E-state index contributed by atoms with van der Waals surface area (Å²) in [5.41, 5.74) is 2.95. The molecule has 0 spiro atoms. The average molecular weight is 443 g/mol. The molecule has 1 N–H and O–H groups in total. The number of nitrogens with one attached hydrogen (secondary N) is 1. The van der Waals surface area contributed by atoms with Crippen molar-refractivity contribution in [2.45, 2.75) is 25.9 Å². The normalized spacial score (nSPS) is 13.9. The van der Waals surface area contributed by atoms with E-state index in [1.165, 1.54) is 5.56 Å². The first-order chi connectivity index (χ1) is 16.3. The number of hydrogen-bond acceptors (Lipinski definition) is 6. The lowest BCUT2D eigenvalue weighted by atomic mass is 10.0. The van der Waals surface area contributed by atoms with E-state index in [0.29, 0.717) is 18.5 Å². The average Bonchev–Trinajstić information content (AvgIpc) is 3.48. The summed E-state index contributed by atoms with van der Waals surface area (Å²) in [6.45, 7) is 4.02. The van der Waals surface area contributed by atoms with Gasteiger partial charge < -0.3 is 14.3 Å². The maximum Gasteiger partial charge on any atom is 0.252 e. The highest BCUT2D eigenvalue weighted by molar-refractivity contribution is 5.93. The van der Waals surface area contributed by atoms with Crippen molar-refractivity contribution in [1.82, 2.24) is 30.0 Å². The van der Waals surface area contributed by atoms with Crippen molar-refractivity contribution >= 4 is 5.91 Å². The van der Waals surface area contributed by atoms with Crippen LogP contribution in [0.5, 0.6) is 0 Å². The highest BCUT2D eigenvalue weighted by atomic mass is 16.3. The topological polar surface area (TPSA) is 89.1 Å². The van der Waals surface area contributed by atoms with E-state index in [2.05, 4.69) is 48.2 Å². The second kappa shape index (κ2) is 9.79. The summed E-state index contributed by atoms with van der Waals surface area (Å²) in [5.74, 6) is 2.69. The van der Waals surface area contributed by atoms with Crippen LogP contribution >= 0.6 is 0 Å². The SMILES string of the molecule is O=C(NCCc1nnc2n1CCN(Cc1ccccc1-c1ccco1)CC2)c1cccnc1. The number of amides is 1. The number of carbonyl (C=O) groups excluding carboxylic acids is 1. The minimum Gasteiger partial charge on any atom is -0.464 e. The predicted molar refractivity (Wildman–Crippen MR) is 123 cm³/mol. The summed E-state index contributed by atoms with van der Waals surface area (Å²) in [4.78, 5) is 18.7. The molecule has 0 atom stereocenters. The highest BCUT2D eigenvalue weighted by Gasteiger charge is 2.20. The van der Waals surface area contributed by atoms with E-state index in [1.807, 2.05) is 18.2 Å². The molecule has 0 saturated heterocycles. The second-order valence-electron chi connectivity index (χ2n) is 8.09. The Hall–Kier alpha value is -3.78. The number of nitrogens with zero attached hydrogens (tertiary/aromatic N) is 5. The summed E-state index contributed by atoms with van der Waals surface area (Å²) < 4.78 is 7.84. The Labute approximate surface area is 192 Å². The van der Waals surface area contributed by atoms with Crippen molar-refractivity contribution in [3.63, 3.8) is 0 Å². The van der Waals surface area contributed by atoms with Gasteiger partial charge in [0, 0.05) is 63.5 Å². The smallest absolute Gasteiger partial charge is 0.252 e. The highest BCUT2D eigenvalue weighted by Crippen LogP contribution is 2.25. The van der Waals surface area contributed by atoms with Crippen LogP contribution in [0.1, 0.15) is 27.6 Å². The number of fused-ring (bicyclic) bond motifs is 1. The minimum absolute atomic E-state index is 0.125. The number of carbonyl (C=O) groups is 1. The van der Waals surface area contributed by atoms with Gasteiger partial charge in [0.15, 0.2) is 0 Å². The molecule has 0 aliphatic carbocycles. The number of rotatable bonds is 7. The fourth-order valence-corrected chi connectivity index (χ4v) is 4.23. The molecule has 0 radical (unpaired) electrons. The molecule has 5 rings (SSSR count). The Bertz CT molecular complexity index is 1200. The zero-order chi connectivity index (χ0) is 22.5. The summed E-state index contributed by atoms with van der Waals surface area (Å²) in [5, 5.41) is 11.7. The van der Waals surface area contributed by atoms with Crippen LogP contribution in [0.3, 0.4) is 0 Å². The van der Waals surface area contributed by atoms with Gasteiger partial charge in [-0.3, -0.25) is 14.7 Å². The first kappa shape index (κ1) is 21.1. The summed E-state index contributed by atoms with van der Waals surface area (Å²) >= 11 is 0. The number of furan rings is 1. The van der Waals surface area contributed by atoms with E-state index < -0.39 is 0 Å². The maximum absolute atomic E-state index is 12.2. The van der Waals surface area contributed by atoms with Gasteiger partial charge >= 0.3 is 0 Å². The van der Waals surface area contributed by atoms with E-state index in [0.717, 1.165) is 55.6 Å². The Morgan fingerprint density at radius 3 is 2.82 bits per heavy atom. The van der Waals surface area contributed by atoms with E-state index in [-0.39, 0.29) is 5.91 Å². The Morgan fingerprint density at radius 1 is 1.03 bits per heavy atom. The molecule has 0 saturated carbocycles. The molecule has 0 fully saturated rings. The number of aromatic nitrogens is 4. The summed E-state index contributed by atoms with van der Waals surface area (Å²) in [6, 6.07) is 15.8. The molecule has 8 nitrogen and oxygen atoms in total. The van der Waals surface area contributed by atoms with E-state index in [1.54, 1.807) is 30.8 Å². The van der Waals surface area contributed by atoms with Gasteiger partial charge in [-0.1, -0.05) is 24.3 Å². The van der Waals surface area contributed by atoms with Gasteiger partial charge in [0.1, 0.15) is 17.4 Å². The third kappa shape index (κ3) is 4.85. The Balaban J connectivity index is 1.20. The zero-order valence-electron chi connectivity index (χ0n) is 18.4. The molecule has 0 unspecified atom stereocenters. The van der Waals surface area contributed by atoms with Crippen molar-refractivity contribution in [3.8, 4) is 11.3 Å². The van der Waals surface area contributed by atoms with Crippen LogP contribution in [0.25, 0.3) is 11.3 Å². The van der Waals surface area contributed by atoms with Crippen LogP contribution in [0, 0.1) is 0 Å². The first-order valence-electron chi connectivity index (χ1n) is 11.2. The molecule has 4 aromatic rings. The molecule has 1 amide bonds. The van der Waals surface area contributed by atoms with Crippen LogP contribution in [-0.2, 0) is 25.9 Å². The lowest BCUT2D eigenvalue weighted by Crippen LogP contribution is -2.28. The van der Waals surface area contributed by atoms with E-state index in [4.69, 9.17) is 4.42 Å². The molecular weight excluding hydrogens is 416 g/mol. The molecule has 4 heterocycles. The van der Waals surface area contributed by atoms with E-state index in [9.17, 15) is 4.79 Å². The van der Waals surface area contributed by atoms with Crippen molar-refractivity contribution in [2.75, 3.05) is 19.6 Å². The lowest BCUT2D eigenvalue weighted by Gasteiger charge is -2.21.